The molecule has 34 heavy (non-hydrogen) atoms. The molecule has 0 aliphatic rings. The normalized spacial score (nSPS) is 11.4. The van der Waals surface area contributed by atoms with Crippen LogP contribution in [0.2, 0.25) is 0 Å². The van der Waals surface area contributed by atoms with E-state index in [2.05, 4.69) is 20.1 Å². The minimum Gasteiger partial charge on any atom is -0.327 e. The Kier molecular flexibility index (Phi) is 5.63. The third kappa shape index (κ3) is 4.17. The highest BCUT2D eigenvalue weighted by atomic mass is 16.2. The van der Waals surface area contributed by atoms with E-state index in [1.54, 1.807) is 35.5 Å². The van der Waals surface area contributed by atoms with Gasteiger partial charge in [-0.3, -0.25) is 9.59 Å². The van der Waals surface area contributed by atoms with Gasteiger partial charge in [0.15, 0.2) is 5.65 Å². The summed E-state index contributed by atoms with van der Waals surface area (Å²) in [4.78, 5) is 39.8. The van der Waals surface area contributed by atoms with Gasteiger partial charge in [-0.15, -0.1) is 0 Å². The molecule has 1 amide bonds. The Morgan fingerprint density at radius 3 is 2.59 bits per heavy atom. The molecular weight excluding hydrogens is 428 g/mol. The molecule has 170 valence electrons. The number of fused-ring (bicyclic) bond motifs is 2. The lowest BCUT2D eigenvalue weighted by molar-refractivity contribution is 0.0725. The zero-order chi connectivity index (χ0) is 23.7. The molecule has 8 nitrogen and oxygen atoms in total. The van der Waals surface area contributed by atoms with Crippen molar-refractivity contribution in [2.75, 3.05) is 0 Å². The molecule has 0 aliphatic heterocycles. The molecule has 5 aromatic rings. The highest BCUT2D eigenvalue weighted by molar-refractivity contribution is 5.96. The van der Waals surface area contributed by atoms with E-state index in [0.717, 1.165) is 16.6 Å². The molecule has 8 heteroatoms. The maximum Gasteiger partial charge on any atom is 0.258 e. The van der Waals surface area contributed by atoms with Crippen molar-refractivity contribution in [2.45, 2.75) is 33.0 Å². The largest absolute Gasteiger partial charge is 0.327 e. The van der Waals surface area contributed by atoms with Gasteiger partial charge in [-0.25, -0.2) is 14.6 Å². The number of carbonyl (C=O) groups excluding carboxylic acids is 1. The van der Waals surface area contributed by atoms with Gasteiger partial charge in [0, 0.05) is 24.2 Å². The molecule has 0 atom stereocenters. The highest BCUT2D eigenvalue weighted by Gasteiger charge is 2.20. The van der Waals surface area contributed by atoms with Gasteiger partial charge in [0.05, 0.1) is 29.2 Å². The lowest BCUT2D eigenvalue weighted by atomic mass is 10.1. The summed E-state index contributed by atoms with van der Waals surface area (Å²) < 4.78 is 1.83. The molecule has 0 saturated heterocycles. The zero-order valence-electron chi connectivity index (χ0n) is 19.0. The summed E-state index contributed by atoms with van der Waals surface area (Å²) >= 11 is 0. The standard InChI is InChI=1S/C26H24N6O2/c1-17(2)32-24-19(14-28-32)12-20(13-27-24)26(34)31(15-18-8-4-3-5-9-18)16-23-29-22-11-7-6-10-21(22)25(33)30-23/h3-14,17H,15-16H2,1-2H3,(H,29,30,33). The van der Waals surface area contributed by atoms with Crippen LogP contribution in [-0.2, 0) is 13.1 Å². The number of hydrogen-bond donors (Lipinski definition) is 1. The average molecular weight is 453 g/mol. The van der Waals surface area contributed by atoms with E-state index in [4.69, 9.17) is 0 Å². The predicted molar refractivity (Wildman–Crippen MR) is 130 cm³/mol. The fourth-order valence-corrected chi connectivity index (χ4v) is 4.01. The third-order valence-corrected chi connectivity index (χ3v) is 5.68. The number of aromatic nitrogens is 5. The maximum absolute atomic E-state index is 13.6. The second-order valence-electron chi connectivity index (χ2n) is 8.50. The monoisotopic (exact) mass is 452 g/mol. The Hall–Kier alpha value is -4.33. The van der Waals surface area contributed by atoms with Crippen LogP contribution >= 0.6 is 0 Å². The van der Waals surface area contributed by atoms with Crippen LogP contribution in [0.15, 0.2) is 77.9 Å². The summed E-state index contributed by atoms with van der Waals surface area (Å²) in [6, 6.07) is 18.9. The number of para-hydroxylation sites is 1. The molecule has 0 radical (unpaired) electrons. The van der Waals surface area contributed by atoms with E-state index >= 15 is 0 Å². The first kappa shape index (κ1) is 21.5. The summed E-state index contributed by atoms with van der Waals surface area (Å²) in [7, 11) is 0. The van der Waals surface area contributed by atoms with Crippen molar-refractivity contribution in [1.29, 1.82) is 0 Å². The van der Waals surface area contributed by atoms with Crippen molar-refractivity contribution in [3.63, 3.8) is 0 Å². The topological polar surface area (TPSA) is 96.8 Å². The Labute approximate surface area is 195 Å². The number of pyridine rings is 1. The maximum atomic E-state index is 13.6. The first-order chi connectivity index (χ1) is 16.5. The minimum atomic E-state index is -0.225. The summed E-state index contributed by atoms with van der Waals surface area (Å²) in [6.45, 7) is 4.58. The molecule has 1 N–H and O–H groups in total. The smallest absolute Gasteiger partial charge is 0.258 e. The molecule has 0 bridgehead atoms. The Bertz CT molecular complexity index is 1540. The fraction of sp³-hybridized carbons (Fsp3) is 0.192. The van der Waals surface area contributed by atoms with Gasteiger partial charge in [0.1, 0.15) is 5.82 Å². The summed E-state index contributed by atoms with van der Waals surface area (Å²) in [5, 5.41) is 5.71. The molecule has 2 aromatic carbocycles. The number of aromatic amines is 1. The van der Waals surface area contributed by atoms with Gasteiger partial charge in [-0.05, 0) is 37.6 Å². The molecular formula is C26H24N6O2. The molecule has 0 fully saturated rings. The van der Waals surface area contributed by atoms with Crippen LogP contribution in [0.25, 0.3) is 21.9 Å². The summed E-state index contributed by atoms with van der Waals surface area (Å²) in [6.07, 6.45) is 3.31. The molecule has 0 spiro atoms. The molecule has 0 saturated carbocycles. The molecule has 5 rings (SSSR count). The van der Waals surface area contributed by atoms with E-state index in [9.17, 15) is 9.59 Å². The summed E-state index contributed by atoms with van der Waals surface area (Å²) in [5.41, 5.74) is 2.53. The number of H-pyrrole nitrogens is 1. The molecule has 3 heterocycles. The van der Waals surface area contributed by atoms with Gasteiger partial charge in [0.2, 0.25) is 0 Å². The van der Waals surface area contributed by atoms with Crippen molar-refractivity contribution in [1.82, 2.24) is 29.6 Å². The number of hydrogen-bond acceptors (Lipinski definition) is 5. The lowest BCUT2D eigenvalue weighted by Crippen LogP contribution is -2.32. The fourth-order valence-electron chi connectivity index (χ4n) is 4.01. The van der Waals surface area contributed by atoms with Gasteiger partial charge < -0.3 is 9.88 Å². The van der Waals surface area contributed by atoms with Crippen LogP contribution in [0.1, 0.15) is 41.6 Å². The first-order valence-electron chi connectivity index (χ1n) is 11.1. The average Bonchev–Trinajstić information content (AvgIpc) is 3.28. The van der Waals surface area contributed by atoms with Crippen molar-refractivity contribution >= 4 is 27.8 Å². The van der Waals surface area contributed by atoms with Crippen molar-refractivity contribution in [3.05, 3.63) is 100 Å². The number of nitrogens with one attached hydrogen (secondary N) is 1. The quantitative estimate of drug-likeness (QED) is 0.419. The second kappa shape index (κ2) is 8.90. The molecule has 0 unspecified atom stereocenters. The second-order valence-corrected chi connectivity index (χ2v) is 8.50. The van der Waals surface area contributed by atoms with E-state index in [-0.39, 0.29) is 24.1 Å². The van der Waals surface area contributed by atoms with Gasteiger partial charge in [-0.1, -0.05) is 42.5 Å². The Morgan fingerprint density at radius 1 is 1.03 bits per heavy atom. The number of benzene rings is 2. The zero-order valence-corrected chi connectivity index (χ0v) is 19.0. The van der Waals surface area contributed by atoms with E-state index in [0.29, 0.717) is 28.8 Å². The number of carbonyl (C=O) groups is 1. The molecule has 0 aliphatic carbocycles. The van der Waals surface area contributed by atoms with Crippen LogP contribution in [0, 0.1) is 0 Å². The van der Waals surface area contributed by atoms with E-state index in [1.165, 1.54) is 0 Å². The van der Waals surface area contributed by atoms with Gasteiger partial charge in [0.25, 0.3) is 11.5 Å². The number of rotatable bonds is 6. The van der Waals surface area contributed by atoms with Crippen LogP contribution in [0.5, 0.6) is 0 Å². The van der Waals surface area contributed by atoms with Crippen LogP contribution in [0.3, 0.4) is 0 Å². The third-order valence-electron chi connectivity index (χ3n) is 5.68. The first-order valence-corrected chi connectivity index (χ1v) is 11.1. The Morgan fingerprint density at radius 2 is 1.79 bits per heavy atom. The number of nitrogens with zero attached hydrogens (tertiary/aromatic N) is 5. The van der Waals surface area contributed by atoms with Gasteiger partial charge in [-0.2, -0.15) is 5.10 Å². The van der Waals surface area contributed by atoms with Crippen LogP contribution < -0.4 is 5.56 Å². The molecule has 3 aromatic heterocycles. The lowest BCUT2D eigenvalue weighted by Gasteiger charge is -2.22. The minimum absolute atomic E-state index is 0.150. The Balaban J connectivity index is 1.51. The van der Waals surface area contributed by atoms with Gasteiger partial charge >= 0.3 is 0 Å². The highest BCUT2D eigenvalue weighted by Crippen LogP contribution is 2.19. The SMILES string of the molecule is CC(C)n1ncc2cc(C(=O)N(Cc3ccccc3)Cc3nc4ccccc4c(=O)[nH]3)cnc21. The summed E-state index contributed by atoms with van der Waals surface area (Å²) in [5.74, 6) is 0.223. The van der Waals surface area contributed by atoms with Crippen molar-refractivity contribution < 1.29 is 4.79 Å². The number of amides is 1. The van der Waals surface area contributed by atoms with Crippen LogP contribution in [-0.4, -0.2) is 35.5 Å². The van der Waals surface area contributed by atoms with E-state index in [1.807, 2.05) is 61.0 Å². The predicted octanol–water partition coefficient (Wildman–Crippen LogP) is 4.09. The van der Waals surface area contributed by atoms with E-state index < -0.39 is 0 Å². The van der Waals surface area contributed by atoms with Crippen molar-refractivity contribution in [2.24, 2.45) is 0 Å². The van der Waals surface area contributed by atoms with Crippen LogP contribution in [0.4, 0.5) is 0 Å². The van der Waals surface area contributed by atoms with Crippen molar-refractivity contribution in [3.8, 4) is 0 Å².